The van der Waals surface area contributed by atoms with E-state index in [0.29, 0.717) is 25.7 Å². The van der Waals surface area contributed by atoms with E-state index in [1.165, 1.54) is 0 Å². The summed E-state index contributed by atoms with van der Waals surface area (Å²) in [5.41, 5.74) is 0. The van der Waals surface area contributed by atoms with Crippen molar-refractivity contribution >= 4 is 18.3 Å². The fourth-order valence-electron chi connectivity index (χ4n) is 2.30. The number of amides is 1. The number of carbonyl (C=O) groups excluding carboxylic acids is 1. The van der Waals surface area contributed by atoms with Gasteiger partial charge >= 0.3 is 0 Å². The van der Waals surface area contributed by atoms with Gasteiger partial charge in [-0.25, -0.2) is 0 Å². The molecule has 1 heterocycles. The van der Waals surface area contributed by atoms with E-state index in [-0.39, 0.29) is 18.3 Å². The summed E-state index contributed by atoms with van der Waals surface area (Å²) in [5, 5.41) is 6.18. The van der Waals surface area contributed by atoms with E-state index in [9.17, 15) is 4.79 Å². The van der Waals surface area contributed by atoms with Crippen molar-refractivity contribution in [2.24, 2.45) is 0 Å². The Labute approximate surface area is 132 Å². The lowest BCUT2D eigenvalue weighted by molar-refractivity contribution is -0.122. The minimum Gasteiger partial charge on any atom is -0.492 e. The van der Waals surface area contributed by atoms with Crippen LogP contribution in [0, 0.1) is 0 Å². The zero-order valence-corrected chi connectivity index (χ0v) is 13.2. The average Bonchev–Trinajstić information content (AvgIpc) is 2.99. The second-order valence-corrected chi connectivity index (χ2v) is 5.07. The molecule has 1 amide bonds. The van der Waals surface area contributed by atoms with Crippen LogP contribution in [0.3, 0.4) is 0 Å². The SMILES string of the molecule is CN(CC(=O)NCCOc1ccccc1)C1CCNC1.Cl. The van der Waals surface area contributed by atoms with Crippen molar-refractivity contribution in [2.45, 2.75) is 12.5 Å². The Morgan fingerprint density at radius 1 is 1.43 bits per heavy atom. The molecule has 1 aromatic carbocycles. The summed E-state index contributed by atoms with van der Waals surface area (Å²) in [6, 6.07) is 10.1. The Hall–Kier alpha value is -1.30. The molecule has 1 fully saturated rings. The van der Waals surface area contributed by atoms with Gasteiger partial charge in [-0.2, -0.15) is 0 Å². The van der Waals surface area contributed by atoms with Crippen LogP contribution in [-0.4, -0.2) is 56.7 Å². The fraction of sp³-hybridized carbons (Fsp3) is 0.533. The molecule has 2 N–H and O–H groups in total. The van der Waals surface area contributed by atoms with Crippen molar-refractivity contribution < 1.29 is 9.53 Å². The summed E-state index contributed by atoms with van der Waals surface area (Å²) < 4.78 is 5.52. The zero-order chi connectivity index (χ0) is 14.2. The van der Waals surface area contributed by atoms with Gasteiger partial charge in [0.2, 0.25) is 5.91 Å². The highest BCUT2D eigenvalue weighted by Crippen LogP contribution is 2.07. The summed E-state index contributed by atoms with van der Waals surface area (Å²) in [6.07, 6.45) is 1.11. The van der Waals surface area contributed by atoms with Crippen LogP contribution in [0.5, 0.6) is 5.75 Å². The maximum Gasteiger partial charge on any atom is 0.234 e. The molecule has 1 aromatic rings. The highest BCUT2D eigenvalue weighted by atomic mass is 35.5. The molecule has 0 bridgehead atoms. The van der Waals surface area contributed by atoms with Crippen LogP contribution in [0.4, 0.5) is 0 Å². The molecule has 0 radical (unpaired) electrons. The number of benzene rings is 1. The first kappa shape index (κ1) is 17.8. The molecule has 5 nitrogen and oxygen atoms in total. The number of nitrogens with zero attached hydrogens (tertiary/aromatic N) is 1. The molecule has 118 valence electrons. The fourth-order valence-corrected chi connectivity index (χ4v) is 2.30. The lowest BCUT2D eigenvalue weighted by Crippen LogP contribution is -2.42. The lowest BCUT2D eigenvalue weighted by atomic mass is 10.2. The zero-order valence-electron chi connectivity index (χ0n) is 12.4. The first-order valence-corrected chi connectivity index (χ1v) is 7.11. The van der Waals surface area contributed by atoms with Crippen molar-refractivity contribution in [1.29, 1.82) is 0 Å². The van der Waals surface area contributed by atoms with E-state index >= 15 is 0 Å². The van der Waals surface area contributed by atoms with E-state index in [1.807, 2.05) is 37.4 Å². The summed E-state index contributed by atoms with van der Waals surface area (Å²) in [6.45, 7) is 3.48. The normalized spacial score (nSPS) is 17.3. The predicted molar refractivity (Wildman–Crippen MR) is 86.1 cm³/mol. The van der Waals surface area contributed by atoms with Crippen molar-refractivity contribution in [2.75, 3.05) is 39.8 Å². The molecule has 1 unspecified atom stereocenters. The van der Waals surface area contributed by atoms with Gasteiger partial charge in [-0.3, -0.25) is 9.69 Å². The van der Waals surface area contributed by atoms with E-state index in [2.05, 4.69) is 15.5 Å². The number of carbonyl (C=O) groups is 1. The minimum atomic E-state index is 0. The molecule has 0 spiro atoms. The van der Waals surface area contributed by atoms with Crippen molar-refractivity contribution in [1.82, 2.24) is 15.5 Å². The molecule has 2 rings (SSSR count). The second kappa shape index (κ2) is 9.60. The third-order valence-electron chi connectivity index (χ3n) is 3.49. The highest BCUT2D eigenvalue weighted by molar-refractivity contribution is 5.85. The van der Waals surface area contributed by atoms with Crippen molar-refractivity contribution in [3.05, 3.63) is 30.3 Å². The van der Waals surface area contributed by atoms with Crippen LogP contribution in [-0.2, 0) is 4.79 Å². The van der Waals surface area contributed by atoms with Gasteiger partial charge in [-0.05, 0) is 32.1 Å². The van der Waals surface area contributed by atoms with Crippen LogP contribution in [0.15, 0.2) is 30.3 Å². The first-order chi connectivity index (χ1) is 9.75. The monoisotopic (exact) mass is 313 g/mol. The highest BCUT2D eigenvalue weighted by Gasteiger charge is 2.20. The number of hydrogen-bond donors (Lipinski definition) is 2. The number of halogens is 1. The Kier molecular flexibility index (Phi) is 8.12. The van der Waals surface area contributed by atoms with Crippen LogP contribution >= 0.6 is 12.4 Å². The molecule has 0 aliphatic carbocycles. The molecule has 6 heteroatoms. The maximum atomic E-state index is 11.8. The Balaban J connectivity index is 0.00000220. The third kappa shape index (κ3) is 6.33. The molecule has 1 atom stereocenters. The molecule has 1 saturated heterocycles. The molecular weight excluding hydrogens is 290 g/mol. The topological polar surface area (TPSA) is 53.6 Å². The predicted octanol–water partition coefficient (Wildman–Crippen LogP) is 0.897. The van der Waals surface area contributed by atoms with E-state index in [1.54, 1.807) is 0 Å². The smallest absolute Gasteiger partial charge is 0.234 e. The van der Waals surface area contributed by atoms with E-state index < -0.39 is 0 Å². The lowest BCUT2D eigenvalue weighted by Gasteiger charge is -2.22. The molecule has 1 aliphatic rings. The summed E-state index contributed by atoms with van der Waals surface area (Å²) in [4.78, 5) is 13.9. The van der Waals surface area contributed by atoms with Crippen molar-refractivity contribution in [3.63, 3.8) is 0 Å². The second-order valence-electron chi connectivity index (χ2n) is 5.07. The van der Waals surface area contributed by atoms with Gasteiger partial charge in [-0.15, -0.1) is 12.4 Å². The van der Waals surface area contributed by atoms with Crippen LogP contribution in [0.25, 0.3) is 0 Å². The Morgan fingerprint density at radius 2 is 2.19 bits per heavy atom. The summed E-state index contributed by atoms with van der Waals surface area (Å²) in [7, 11) is 2.00. The maximum absolute atomic E-state index is 11.8. The molecule has 0 saturated carbocycles. The van der Waals surface area contributed by atoms with Crippen LogP contribution in [0.2, 0.25) is 0 Å². The average molecular weight is 314 g/mol. The Bertz CT molecular complexity index is 411. The molecule has 0 aromatic heterocycles. The Morgan fingerprint density at radius 3 is 2.86 bits per heavy atom. The number of rotatable bonds is 7. The largest absolute Gasteiger partial charge is 0.492 e. The summed E-state index contributed by atoms with van der Waals surface area (Å²) >= 11 is 0. The van der Waals surface area contributed by atoms with Gasteiger partial charge in [0.15, 0.2) is 0 Å². The molecule has 21 heavy (non-hydrogen) atoms. The van der Waals surface area contributed by atoms with Gasteiger partial charge < -0.3 is 15.4 Å². The van der Waals surface area contributed by atoms with Gasteiger partial charge in [0, 0.05) is 12.6 Å². The number of para-hydroxylation sites is 1. The van der Waals surface area contributed by atoms with E-state index in [0.717, 1.165) is 25.3 Å². The van der Waals surface area contributed by atoms with E-state index in [4.69, 9.17) is 4.74 Å². The first-order valence-electron chi connectivity index (χ1n) is 7.11. The van der Waals surface area contributed by atoms with Gasteiger partial charge in [0.05, 0.1) is 13.1 Å². The number of hydrogen-bond acceptors (Lipinski definition) is 4. The number of ether oxygens (including phenoxy) is 1. The van der Waals surface area contributed by atoms with Crippen molar-refractivity contribution in [3.8, 4) is 5.75 Å². The molecule has 1 aliphatic heterocycles. The quantitative estimate of drug-likeness (QED) is 0.734. The minimum absolute atomic E-state index is 0. The summed E-state index contributed by atoms with van der Waals surface area (Å²) in [5.74, 6) is 0.881. The number of nitrogens with one attached hydrogen (secondary N) is 2. The van der Waals surface area contributed by atoms with Crippen LogP contribution in [0.1, 0.15) is 6.42 Å². The molecular formula is C15H24ClN3O2. The van der Waals surface area contributed by atoms with Gasteiger partial charge in [-0.1, -0.05) is 18.2 Å². The third-order valence-corrected chi connectivity index (χ3v) is 3.49. The van der Waals surface area contributed by atoms with Gasteiger partial charge in [0.1, 0.15) is 12.4 Å². The standard InChI is InChI=1S/C15H23N3O2.ClH/c1-18(13-7-8-16-11-13)12-15(19)17-9-10-20-14-5-3-2-4-6-14;/h2-6,13,16H,7-12H2,1H3,(H,17,19);1H. The number of likely N-dealkylation sites (N-methyl/N-ethyl adjacent to an activating group) is 1. The van der Waals surface area contributed by atoms with Crippen LogP contribution < -0.4 is 15.4 Å². The van der Waals surface area contributed by atoms with Gasteiger partial charge in [0.25, 0.3) is 0 Å².